The summed E-state index contributed by atoms with van der Waals surface area (Å²) < 4.78 is 11.2. The molecule has 2 aliphatic heterocycles. The fourth-order valence-electron chi connectivity index (χ4n) is 3.81. The molecule has 0 aliphatic carbocycles. The van der Waals surface area contributed by atoms with Crippen molar-refractivity contribution in [3.8, 4) is 5.75 Å². The molecule has 3 heterocycles. The second kappa shape index (κ2) is 6.69. The van der Waals surface area contributed by atoms with Crippen molar-refractivity contribution in [2.24, 2.45) is 0 Å². The molecule has 1 aromatic carbocycles. The first-order chi connectivity index (χ1) is 11.8. The van der Waals surface area contributed by atoms with Gasteiger partial charge in [0.15, 0.2) is 5.76 Å². The summed E-state index contributed by atoms with van der Waals surface area (Å²) in [5.74, 6) is 1.01. The zero-order chi connectivity index (χ0) is 16.4. The van der Waals surface area contributed by atoms with Crippen LogP contribution in [0.1, 0.15) is 35.4 Å². The smallest absolute Gasteiger partial charge is 0.287 e. The molecule has 0 unspecified atom stereocenters. The van der Waals surface area contributed by atoms with Gasteiger partial charge in [0.25, 0.3) is 5.91 Å². The minimum Gasteiger partial charge on any atom is -0.489 e. The van der Waals surface area contributed by atoms with Crippen LogP contribution < -0.4 is 10.1 Å². The highest BCUT2D eigenvalue weighted by Crippen LogP contribution is 2.28. The molecule has 4 rings (SSSR count). The van der Waals surface area contributed by atoms with Gasteiger partial charge in [-0.2, -0.15) is 0 Å². The molecule has 5 heteroatoms. The molecule has 2 aromatic rings. The van der Waals surface area contributed by atoms with Crippen LogP contribution in [0.5, 0.6) is 5.75 Å². The third kappa shape index (κ3) is 3.04. The first kappa shape index (κ1) is 15.3. The van der Waals surface area contributed by atoms with Crippen molar-refractivity contribution in [2.45, 2.75) is 38.0 Å². The van der Waals surface area contributed by atoms with Crippen LogP contribution in [0.25, 0.3) is 0 Å². The number of para-hydroxylation sites is 1. The van der Waals surface area contributed by atoms with Gasteiger partial charge in [-0.05, 0) is 44.0 Å². The quantitative estimate of drug-likeness (QED) is 0.918. The van der Waals surface area contributed by atoms with E-state index in [0.29, 0.717) is 18.4 Å². The average molecular weight is 326 g/mol. The summed E-state index contributed by atoms with van der Waals surface area (Å²) in [6.07, 6.45) is 4.98. The summed E-state index contributed by atoms with van der Waals surface area (Å²) in [6.45, 7) is 2.56. The normalized spacial score (nSPS) is 23.2. The molecule has 1 N–H and O–H groups in total. The van der Waals surface area contributed by atoms with Crippen molar-refractivity contribution in [1.29, 1.82) is 0 Å². The molecule has 2 saturated heterocycles. The lowest BCUT2D eigenvalue weighted by molar-refractivity contribution is 0.0898. The second-order valence-corrected chi connectivity index (χ2v) is 6.49. The Balaban J connectivity index is 1.39. The summed E-state index contributed by atoms with van der Waals surface area (Å²) in [5, 5.41) is 3.16. The number of hydrogen-bond acceptors (Lipinski definition) is 4. The zero-order valence-corrected chi connectivity index (χ0v) is 13.6. The summed E-state index contributed by atoms with van der Waals surface area (Å²) in [6, 6.07) is 12.1. The molecule has 24 heavy (non-hydrogen) atoms. The molecule has 0 spiro atoms. The first-order valence-corrected chi connectivity index (χ1v) is 8.60. The summed E-state index contributed by atoms with van der Waals surface area (Å²) >= 11 is 0. The molecular formula is C19H22N2O3. The van der Waals surface area contributed by atoms with Crippen LogP contribution in [0.2, 0.25) is 0 Å². The Morgan fingerprint density at radius 1 is 1.21 bits per heavy atom. The maximum Gasteiger partial charge on any atom is 0.287 e. The first-order valence-electron chi connectivity index (χ1n) is 8.60. The lowest BCUT2D eigenvalue weighted by Gasteiger charge is -2.21. The van der Waals surface area contributed by atoms with Crippen LogP contribution in [-0.2, 0) is 6.61 Å². The molecule has 0 bridgehead atoms. The molecule has 1 amide bonds. The van der Waals surface area contributed by atoms with Crippen molar-refractivity contribution >= 4 is 5.91 Å². The van der Waals surface area contributed by atoms with E-state index in [1.807, 2.05) is 30.3 Å². The number of carbonyl (C=O) groups excluding carboxylic acids is 1. The van der Waals surface area contributed by atoms with Gasteiger partial charge in [-0.25, -0.2) is 0 Å². The number of carbonyl (C=O) groups is 1. The van der Waals surface area contributed by atoms with Crippen molar-refractivity contribution in [2.75, 3.05) is 13.1 Å². The molecule has 2 aliphatic rings. The molecule has 126 valence electrons. The number of amides is 1. The average Bonchev–Trinajstić information content (AvgIpc) is 3.32. The lowest BCUT2D eigenvalue weighted by atomic mass is 10.1. The number of ether oxygens (including phenoxy) is 1. The van der Waals surface area contributed by atoms with E-state index in [1.54, 1.807) is 12.3 Å². The van der Waals surface area contributed by atoms with Gasteiger partial charge < -0.3 is 14.5 Å². The molecular weight excluding hydrogens is 304 g/mol. The number of benzene rings is 1. The van der Waals surface area contributed by atoms with Crippen molar-refractivity contribution < 1.29 is 13.9 Å². The van der Waals surface area contributed by atoms with Gasteiger partial charge in [0.2, 0.25) is 0 Å². The van der Waals surface area contributed by atoms with Crippen molar-refractivity contribution in [3.05, 3.63) is 54.0 Å². The van der Waals surface area contributed by atoms with E-state index in [0.717, 1.165) is 30.8 Å². The standard InChI is InChI=1S/C19H22N2O3/c22-19(20-16-8-11-21-10-4-7-17(16)21)18-14(9-12-23-18)13-24-15-5-2-1-3-6-15/h1-3,5-6,9,12,16-17H,4,7-8,10-11,13H2,(H,20,22)/t16-,17-/m0/s1. The van der Waals surface area contributed by atoms with Crippen LogP contribution in [0.4, 0.5) is 0 Å². The zero-order valence-electron chi connectivity index (χ0n) is 13.6. The summed E-state index contributed by atoms with van der Waals surface area (Å²) in [4.78, 5) is 15.1. The number of hydrogen-bond donors (Lipinski definition) is 1. The minimum atomic E-state index is -0.134. The third-order valence-corrected chi connectivity index (χ3v) is 5.01. The highest BCUT2D eigenvalue weighted by Gasteiger charge is 2.38. The molecule has 0 saturated carbocycles. The molecule has 0 radical (unpaired) electrons. The van der Waals surface area contributed by atoms with Crippen LogP contribution in [0.3, 0.4) is 0 Å². The van der Waals surface area contributed by atoms with E-state index in [4.69, 9.17) is 9.15 Å². The Morgan fingerprint density at radius 3 is 2.96 bits per heavy atom. The SMILES string of the molecule is O=C(N[C@H]1CCN2CCC[C@@H]12)c1occc1COc1ccccc1. The number of fused-ring (bicyclic) bond motifs is 1. The Kier molecular flexibility index (Phi) is 4.26. The van der Waals surface area contributed by atoms with E-state index in [2.05, 4.69) is 10.2 Å². The fraction of sp³-hybridized carbons (Fsp3) is 0.421. The van der Waals surface area contributed by atoms with Crippen molar-refractivity contribution in [3.63, 3.8) is 0 Å². The Labute approximate surface area is 141 Å². The Hall–Kier alpha value is -2.27. The van der Waals surface area contributed by atoms with Crippen LogP contribution in [0, 0.1) is 0 Å². The van der Waals surface area contributed by atoms with Gasteiger partial charge in [-0.15, -0.1) is 0 Å². The molecule has 2 atom stereocenters. The van der Waals surface area contributed by atoms with Crippen LogP contribution in [0.15, 0.2) is 47.1 Å². The summed E-state index contributed by atoms with van der Waals surface area (Å²) in [5.41, 5.74) is 0.776. The van der Waals surface area contributed by atoms with Crippen LogP contribution >= 0.6 is 0 Å². The molecule has 2 fully saturated rings. The fourth-order valence-corrected chi connectivity index (χ4v) is 3.81. The van der Waals surface area contributed by atoms with Gasteiger partial charge in [0.1, 0.15) is 12.4 Å². The summed E-state index contributed by atoms with van der Waals surface area (Å²) in [7, 11) is 0. The van der Waals surface area contributed by atoms with Gasteiger partial charge >= 0.3 is 0 Å². The predicted octanol–water partition coefficient (Wildman–Crippen LogP) is 2.83. The number of rotatable bonds is 5. The molecule has 5 nitrogen and oxygen atoms in total. The largest absolute Gasteiger partial charge is 0.489 e. The lowest BCUT2D eigenvalue weighted by Crippen LogP contribution is -2.42. The van der Waals surface area contributed by atoms with Gasteiger partial charge in [0.05, 0.1) is 6.26 Å². The van der Waals surface area contributed by atoms with E-state index in [-0.39, 0.29) is 11.9 Å². The second-order valence-electron chi connectivity index (χ2n) is 6.49. The predicted molar refractivity (Wildman–Crippen MR) is 89.9 cm³/mol. The number of furan rings is 1. The van der Waals surface area contributed by atoms with Gasteiger partial charge in [-0.3, -0.25) is 9.69 Å². The third-order valence-electron chi connectivity index (χ3n) is 5.01. The monoisotopic (exact) mass is 326 g/mol. The van der Waals surface area contributed by atoms with Crippen molar-refractivity contribution in [1.82, 2.24) is 10.2 Å². The van der Waals surface area contributed by atoms with E-state index in [9.17, 15) is 4.79 Å². The van der Waals surface area contributed by atoms with Gasteiger partial charge in [0, 0.05) is 24.2 Å². The minimum absolute atomic E-state index is 0.134. The molecule has 1 aromatic heterocycles. The number of nitrogens with one attached hydrogen (secondary N) is 1. The highest BCUT2D eigenvalue weighted by molar-refractivity contribution is 5.93. The maximum atomic E-state index is 12.6. The highest BCUT2D eigenvalue weighted by atomic mass is 16.5. The van der Waals surface area contributed by atoms with E-state index < -0.39 is 0 Å². The maximum absolute atomic E-state index is 12.6. The Morgan fingerprint density at radius 2 is 2.08 bits per heavy atom. The van der Waals surface area contributed by atoms with Gasteiger partial charge in [-0.1, -0.05) is 18.2 Å². The Bertz CT molecular complexity index is 698. The van der Waals surface area contributed by atoms with E-state index in [1.165, 1.54) is 12.8 Å². The van der Waals surface area contributed by atoms with E-state index >= 15 is 0 Å². The topological polar surface area (TPSA) is 54.7 Å². The number of nitrogens with zero attached hydrogens (tertiary/aromatic N) is 1. The van der Waals surface area contributed by atoms with Crippen LogP contribution in [-0.4, -0.2) is 36.0 Å².